The predicted octanol–water partition coefficient (Wildman–Crippen LogP) is 1.91. The van der Waals surface area contributed by atoms with Crippen LogP contribution in [0.2, 0.25) is 0 Å². The number of benzene rings is 2. The van der Waals surface area contributed by atoms with Crippen LogP contribution in [-0.2, 0) is 24.4 Å². The molecule has 0 aliphatic heterocycles. The lowest BCUT2D eigenvalue weighted by atomic mass is 10.2. The van der Waals surface area contributed by atoms with Gasteiger partial charge in [0.2, 0.25) is 10.0 Å². The topological polar surface area (TPSA) is 175 Å². The Morgan fingerprint density at radius 3 is 2.32 bits per heavy atom. The Bertz CT molecular complexity index is 1110. The van der Waals surface area contributed by atoms with Crippen molar-refractivity contribution in [2.45, 2.75) is 17.7 Å². The van der Waals surface area contributed by atoms with Crippen molar-refractivity contribution >= 4 is 28.0 Å². The molecule has 12 nitrogen and oxygen atoms in total. The number of sulfonamides is 1. The van der Waals surface area contributed by atoms with E-state index in [2.05, 4.69) is 4.84 Å². The molecule has 2 aromatic carbocycles. The molecular formula is C21H24N2O10S. The lowest BCUT2D eigenvalue weighted by molar-refractivity contribution is -0.492. The Morgan fingerprint density at radius 2 is 1.71 bits per heavy atom. The number of nitrogens with two attached hydrogens (primary N) is 1. The lowest BCUT2D eigenvalue weighted by Gasteiger charge is -2.10. The van der Waals surface area contributed by atoms with Gasteiger partial charge in [-0.2, -0.15) is 0 Å². The third kappa shape index (κ3) is 8.90. The highest BCUT2D eigenvalue weighted by Gasteiger charge is 2.14. The molecule has 0 bridgehead atoms. The molecule has 4 N–H and O–H groups in total. The number of carbonyl (C=O) groups is 2. The van der Waals surface area contributed by atoms with E-state index in [0.29, 0.717) is 18.4 Å². The molecule has 0 unspecified atom stereocenters. The summed E-state index contributed by atoms with van der Waals surface area (Å²) in [5, 5.41) is 21.4. The highest BCUT2D eigenvalue weighted by Crippen LogP contribution is 2.29. The van der Waals surface area contributed by atoms with Gasteiger partial charge in [0.25, 0.3) is 0 Å². The smallest absolute Gasteiger partial charge is 0.343 e. The van der Waals surface area contributed by atoms with E-state index in [-0.39, 0.29) is 40.6 Å². The number of primary sulfonamides is 1. The summed E-state index contributed by atoms with van der Waals surface area (Å²) in [6, 6.07) is 9.56. The molecule has 0 saturated carbocycles. The summed E-state index contributed by atoms with van der Waals surface area (Å²) in [6.07, 6.45) is 3.61. The fourth-order valence-electron chi connectivity index (χ4n) is 2.55. The summed E-state index contributed by atoms with van der Waals surface area (Å²) < 4.78 is 38.2. The molecule has 0 amide bonds. The number of carbonyl (C=O) groups excluding carboxylic acids is 2. The van der Waals surface area contributed by atoms with Crippen LogP contribution in [0.1, 0.15) is 28.8 Å². The molecule has 0 aliphatic rings. The van der Waals surface area contributed by atoms with E-state index in [0.717, 1.165) is 0 Å². The largest absolute Gasteiger partial charge is 0.493 e. The number of hydrogen-bond acceptors (Lipinski definition) is 11. The van der Waals surface area contributed by atoms with Crippen molar-refractivity contribution in [1.29, 1.82) is 0 Å². The van der Waals surface area contributed by atoms with E-state index in [4.69, 9.17) is 29.8 Å². The molecule has 0 radical (unpaired) electrons. The zero-order chi connectivity index (χ0) is 25.1. The Morgan fingerprint density at radius 1 is 1.03 bits per heavy atom. The molecule has 0 aliphatic carbocycles. The lowest BCUT2D eigenvalue weighted by Crippen LogP contribution is -2.15. The first-order valence-corrected chi connectivity index (χ1v) is 11.3. The van der Waals surface area contributed by atoms with Crippen LogP contribution in [0.15, 0.2) is 53.4 Å². The van der Waals surface area contributed by atoms with Crippen molar-refractivity contribution in [1.82, 2.24) is 5.39 Å². The minimum atomic E-state index is -3.88. The molecule has 2 aromatic rings. The summed E-state index contributed by atoms with van der Waals surface area (Å²) in [4.78, 5) is 28.4. The first-order valence-electron chi connectivity index (χ1n) is 9.79. The Labute approximate surface area is 195 Å². The Balaban J connectivity index is 1.93. The van der Waals surface area contributed by atoms with E-state index >= 15 is 0 Å². The third-order valence-corrected chi connectivity index (χ3v) is 5.14. The van der Waals surface area contributed by atoms with Gasteiger partial charge in [0.1, 0.15) is 0 Å². The van der Waals surface area contributed by atoms with Crippen molar-refractivity contribution < 1.29 is 47.5 Å². The van der Waals surface area contributed by atoms with Crippen LogP contribution in [0.25, 0.3) is 6.08 Å². The molecule has 0 atom stereocenters. The highest BCUT2D eigenvalue weighted by atomic mass is 32.2. The first-order chi connectivity index (χ1) is 16.1. The summed E-state index contributed by atoms with van der Waals surface area (Å²) >= 11 is 0. The van der Waals surface area contributed by atoms with Gasteiger partial charge < -0.3 is 14.2 Å². The normalized spacial score (nSPS) is 11.6. The van der Waals surface area contributed by atoms with Crippen molar-refractivity contribution in [3.05, 3.63) is 59.7 Å². The average Bonchev–Trinajstić information content (AvgIpc) is 2.79. The summed E-state index contributed by atoms with van der Waals surface area (Å²) in [6.45, 7) is 0.178. The van der Waals surface area contributed by atoms with Gasteiger partial charge in [0.15, 0.2) is 11.5 Å². The van der Waals surface area contributed by atoms with Gasteiger partial charge in [-0.05, 0) is 60.9 Å². The van der Waals surface area contributed by atoms with E-state index in [1.54, 1.807) is 12.1 Å². The number of esters is 2. The first kappa shape index (κ1) is 26.9. The summed E-state index contributed by atoms with van der Waals surface area (Å²) in [7, 11) is -2.50. The van der Waals surface area contributed by atoms with Crippen LogP contribution >= 0.6 is 0 Å². The van der Waals surface area contributed by atoms with Crippen molar-refractivity contribution in [2.75, 3.05) is 20.3 Å². The van der Waals surface area contributed by atoms with Crippen molar-refractivity contribution in [2.24, 2.45) is 5.14 Å². The fourth-order valence-corrected chi connectivity index (χ4v) is 3.06. The molecule has 34 heavy (non-hydrogen) atoms. The number of hydrogen-bond donors (Lipinski definition) is 3. The van der Waals surface area contributed by atoms with Gasteiger partial charge in [0, 0.05) is 6.08 Å². The van der Waals surface area contributed by atoms with Crippen LogP contribution < -0.4 is 14.6 Å². The maximum Gasteiger partial charge on any atom is 0.343 e. The van der Waals surface area contributed by atoms with Gasteiger partial charge in [-0.25, -0.2) is 23.1 Å². The molecule has 13 heteroatoms. The molecule has 0 heterocycles. The molecule has 2 rings (SSSR count). The van der Waals surface area contributed by atoms with Crippen LogP contribution in [0.3, 0.4) is 0 Å². The molecular weight excluding hydrogens is 472 g/mol. The predicted molar refractivity (Wildman–Crippen MR) is 116 cm³/mol. The van der Waals surface area contributed by atoms with Crippen molar-refractivity contribution in [3.8, 4) is 11.5 Å². The minimum Gasteiger partial charge on any atom is -0.493 e. The van der Waals surface area contributed by atoms with Crippen LogP contribution in [0.5, 0.6) is 11.5 Å². The molecule has 0 saturated heterocycles. The molecule has 0 spiro atoms. The second-order valence-electron chi connectivity index (χ2n) is 6.66. The highest BCUT2D eigenvalue weighted by molar-refractivity contribution is 7.89. The second kappa shape index (κ2) is 12.8. The number of methoxy groups -OCH3 is 1. The van der Waals surface area contributed by atoms with E-state index in [1.807, 2.05) is 0 Å². The van der Waals surface area contributed by atoms with Crippen LogP contribution in [0, 0.1) is 0 Å². The van der Waals surface area contributed by atoms with Crippen LogP contribution in [0.4, 0.5) is 0 Å². The number of nitrogens with zero attached hydrogens (tertiary/aromatic N) is 1. The van der Waals surface area contributed by atoms with Gasteiger partial charge in [-0.3, -0.25) is 15.3 Å². The van der Waals surface area contributed by atoms with E-state index in [1.165, 1.54) is 49.6 Å². The van der Waals surface area contributed by atoms with Gasteiger partial charge in [-0.15, -0.1) is 0 Å². The van der Waals surface area contributed by atoms with Crippen LogP contribution in [-0.4, -0.2) is 56.5 Å². The zero-order valence-electron chi connectivity index (χ0n) is 18.1. The zero-order valence-corrected chi connectivity index (χ0v) is 18.9. The number of ether oxygens (including phenoxy) is 3. The quantitative estimate of drug-likeness (QED) is 0.129. The molecule has 0 fully saturated rings. The monoisotopic (exact) mass is 496 g/mol. The average molecular weight is 496 g/mol. The second-order valence-corrected chi connectivity index (χ2v) is 8.22. The Kier molecular flexibility index (Phi) is 10.1. The maximum atomic E-state index is 12.4. The molecule has 184 valence electrons. The SMILES string of the molecule is COc1cc(/C=C/C(=O)OCCCCON(O)O)ccc1OC(=O)c1ccc(S(N)(=O)=O)cc1. The van der Waals surface area contributed by atoms with Gasteiger partial charge >= 0.3 is 11.9 Å². The van der Waals surface area contributed by atoms with E-state index in [9.17, 15) is 18.0 Å². The Hall–Kier alpha value is -3.33. The van der Waals surface area contributed by atoms with Crippen molar-refractivity contribution in [3.63, 3.8) is 0 Å². The minimum absolute atomic E-state index is 0.0536. The fraction of sp³-hybridized carbons (Fsp3) is 0.238. The van der Waals surface area contributed by atoms with E-state index < -0.39 is 22.0 Å². The number of rotatable bonds is 12. The third-order valence-electron chi connectivity index (χ3n) is 4.21. The molecule has 0 aromatic heterocycles. The standard InChI is InChI=1S/C21H24N2O10S/c1-30-19-14-15(5-11-20(24)31-12-2-3-13-32-23(26)27)4-10-18(19)33-21(25)16-6-8-17(9-7-16)34(22,28)29/h4-11,14,26-27H,2-3,12-13H2,1H3,(H2,22,28,29)/b11-5+. The van der Waals surface area contributed by atoms with Gasteiger partial charge in [-0.1, -0.05) is 6.07 Å². The van der Waals surface area contributed by atoms with Gasteiger partial charge in [0.05, 0.1) is 36.2 Å². The number of unbranched alkanes of at least 4 members (excludes halogenated alkanes) is 1. The maximum absolute atomic E-state index is 12.4. The summed E-state index contributed by atoms with van der Waals surface area (Å²) in [5.74, 6) is -0.965. The summed E-state index contributed by atoms with van der Waals surface area (Å²) in [5.41, 5.74) is 0.684.